The van der Waals surface area contributed by atoms with Gasteiger partial charge in [0.25, 0.3) is 0 Å². The topological polar surface area (TPSA) is 29.5 Å². The van der Waals surface area contributed by atoms with Gasteiger partial charge in [-0.25, -0.2) is 0 Å². The smallest absolute Gasteiger partial charge is 0.119 e. The van der Waals surface area contributed by atoms with Gasteiger partial charge in [-0.1, -0.05) is 32.9 Å². The van der Waals surface area contributed by atoms with E-state index in [9.17, 15) is 5.11 Å². The van der Waals surface area contributed by atoms with Crippen molar-refractivity contribution in [3.05, 3.63) is 29.8 Å². The predicted octanol–water partition coefficient (Wildman–Crippen LogP) is 3.73. The molecule has 2 nitrogen and oxygen atoms in total. The predicted molar refractivity (Wildman–Crippen MR) is 73.7 cm³/mol. The molecule has 1 N–H and O–H groups in total. The third-order valence-electron chi connectivity index (χ3n) is 4.09. The van der Waals surface area contributed by atoms with Crippen LogP contribution in [0.1, 0.15) is 46.1 Å². The zero-order chi connectivity index (χ0) is 13.4. The van der Waals surface area contributed by atoms with E-state index in [4.69, 9.17) is 4.74 Å². The summed E-state index contributed by atoms with van der Waals surface area (Å²) in [7, 11) is 0. The lowest BCUT2D eigenvalue weighted by molar-refractivity contribution is -0.000875. The van der Waals surface area contributed by atoms with Crippen molar-refractivity contribution in [2.75, 3.05) is 6.61 Å². The van der Waals surface area contributed by atoms with Gasteiger partial charge in [-0.05, 0) is 48.8 Å². The maximum Gasteiger partial charge on any atom is 0.119 e. The minimum atomic E-state index is -0.686. The standard InChI is InChI=1S/C16H24O2/c1-5-18-14-8-6-13(7-9-14)16(17)11-15(3,4)10-12(16)2/h6-9,12,17H,5,10-11H2,1-4H3. The highest BCUT2D eigenvalue weighted by atomic mass is 16.5. The molecule has 1 saturated carbocycles. The average Bonchev–Trinajstić information content (AvgIpc) is 2.50. The van der Waals surface area contributed by atoms with E-state index in [2.05, 4.69) is 20.8 Å². The number of hydrogen-bond donors (Lipinski definition) is 1. The summed E-state index contributed by atoms with van der Waals surface area (Å²) >= 11 is 0. The van der Waals surface area contributed by atoms with Crippen molar-refractivity contribution >= 4 is 0 Å². The summed E-state index contributed by atoms with van der Waals surface area (Å²) in [6.07, 6.45) is 1.89. The molecule has 1 aliphatic rings. The van der Waals surface area contributed by atoms with E-state index in [0.717, 1.165) is 24.2 Å². The Bertz CT molecular complexity index is 408. The van der Waals surface area contributed by atoms with Crippen molar-refractivity contribution in [2.24, 2.45) is 11.3 Å². The molecule has 0 aliphatic heterocycles. The van der Waals surface area contributed by atoms with Crippen LogP contribution in [0.25, 0.3) is 0 Å². The summed E-state index contributed by atoms with van der Waals surface area (Å²) in [6, 6.07) is 7.91. The van der Waals surface area contributed by atoms with Crippen LogP contribution in [0.4, 0.5) is 0 Å². The van der Waals surface area contributed by atoms with E-state index in [1.54, 1.807) is 0 Å². The number of aliphatic hydroxyl groups is 1. The molecule has 0 heterocycles. The fraction of sp³-hybridized carbons (Fsp3) is 0.625. The van der Waals surface area contributed by atoms with Gasteiger partial charge >= 0.3 is 0 Å². The van der Waals surface area contributed by atoms with E-state index in [1.165, 1.54) is 0 Å². The van der Waals surface area contributed by atoms with Gasteiger partial charge in [-0.15, -0.1) is 0 Å². The molecule has 0 saturated heterocycles. The second-order valence-electron chi connectivity index (χ2n) is 6.33. The van der Waals surface area contributed by atoms with E-state index in [0.29, 0.717) is 12.5 Å². The highest BCUT2D eigenvalue weighted by molar-refractivity contribution is 5.32. The van der Waals surface area contributed by atoms with Gasteiger partial charge in [-0.3, -0.25) is 0 Å². The molecule has 2 rings (SSSR count). The van der Waals surface area contributed by atoms with Crippen molar-refractivity contribution in [1.29, 1.82) is 0 Å². The second-order valence-corrected chi connectivity index (χ2v) is 6.33. The lowest BCUT2D eigenvalue weighted by Crippen LogP contribution is -2.29. The zero-order valence-electron chi connectivity index (χ0n) is 11.9. The molecular weight excluding hydrogens is 224 g/mol. The monoisotopic (exact) mass is 248 g/mol. The highest BCUT2D eigenvalue weighted by Crippen LogP contribution is 2.52. The SMILES string of the molecule is CCOc1ccc(C2(O)CC(C)(C)CC2C)cc1. The molecule has 2 heteroatoms. The van der Waals surface area contributed by atoms with Crippen molar-refractivity contribution in [3.63, 3.8) is 0 Å². The molecule has 2 atom stereocenters. The van der Waals surface area contributed by atoms with Gasteiger partial charge in [0.15, 0.2) is 0 Å². The number of ether oxygens (including phenoxy) is 1. The minimum absolute atomic E-state index is 0.215. The van der Waals surface area contributed by atoms with E-state index >= 15 is 0 Å². The Balaban J connectivity index is 2.25. The number of benzene rings is 1. The van der Waals surface area contributed by atoms with Crippen LogP contribution < -0.4 is 4.74 Å². The average molecular weight is 248 g/mol. The Morgan fingerprint density at radius 3 is 2.33 bits per heavy atom. The van der Waals surface area contributed by atoms with Crippen LogP contribution in [0.5, 0.6) is 5.75 Å². The Morgan fingerprint density at radius 1 is 1.28 bits per heavy atom. The lowest BCUT2D eigenvalue weighted by Gasteiger charge is -2.29. The van der Waals surface area contributed by atoms with Crippen molar-refractivity contribution in [1.82, 2.24) is 0 Å². The summed E-state index contributed by atoms with van der Waals surface area (Å²) in [5, 5.41) is 10.9. The van der Waals surface area contributed by atoms with Crippen LogP contribution in [0.2, 0.25) is 0 Å². The van der Waals surface area contributed by atoms with Crippen LogP contribution in [0.15, 0.2) is 24.3 Å². The largest absolute Gasteiger partial charge is 0.494 e. The van der Waals surface area contributed by atoms with Crippen LogP contribution in [-0.4, -0.2) is 11.7 Å². The van der Waals surface area contributed by atoms with Gasteiger partial charge in [0.2, 0.25) is 0 Å². The second kappa shape index (κ2) is 4.58. The first kappa shape index (κ1) is 13.4. The first-order valence-electron chi connectivity index (χ1n) is 6.83. The fourth-order valence-corrected chi connectivity index (χ4v) is 3.37. The van der Waals surface area contributed by atoms with Gasteiger partial charge in [0.1, 0.15) is 5.75 Å². The van der Waals surface area contributed by atoms with Crippen LogP contribution in [0, 0.1) is 11.3 Å². The maximum atomic E-state index is 10.9. The molecule has 1 fully saturated rings. The zero-order valence-corrected chi connectivity index (χ0v) is 11.9. The molecule has 0 radical (unpaired) electrons. The highest BCUT2D eigenvalue weighted by Gasteiger charge is 2.48. The Kier molecular flexibility index (Phi) is 3.41. The lowest BCUT2D eigenvalue weighted by atomic mass is 9.84. The quantitative estimate of drug-likeness (QED) is 0.883. The van der Waals surface area contributed by atoms with Crippen molar-refractivity contribution in [3.8, 4) is 5.75 Å². The van der Waals surface area contributed by atoms with Gasteiger partial charge in [-0.2, -0.15) is 0 Å². The summed E-state index contributed by atoms with van der Waals surface area (Å²) < 4.78 is 5.44. The molecule has 2 unspecified atom stereocenters. The molecule has 0 bridgehead atoms. The molecule has 0 spiro atoms. The summed E-state index contributed by atoms with van der Waals surface area (Å²) in [4.78, 5) is 0. The van der Waals surface area contributed by atoms with Crippen molar-refractivity contribution in [2.45, 2.75) is 46.1 Å². The molecule has 0 amide bonds. The molecule has 0 aromatic heterocycles. The molecule has 1 aromatic rings. The third kappa shape index (κ3) is 2.39. The number of rotatable bonds is 3. The first-order valence-corrected chi connectivity index (χ1v) is 6.83. The maximum absolute atomic E-state index is 10.9. The molecule has 100 valence electrons. The Labute approximate surface area is 110 Å². The summed E-state index contributed by atoms with van der Waals surface area (Å²) in [5.41, 5.74) is 0.546. The molecule has 1 aliphatic carbocycles. The van der Waals surface area contributed by atoms with Gasteiger partial charge in [0.05, 0.1) is 12.2 Å². The van der Waals surface area contributed by atoms with Crippen LogP contribution in [-0.2, 0) is 5.60 Å². The Hall–Kier alpha value is -1.02. The fourth-order valence-electron chi connectivity index (χ4n) is 3.37. The van der Waals surface area contributed by atoms with Crippen LogP contribution >= 0.6 is 0 Å². The van der Waals surface area contributed by atoms with E-state index < -0.39 is 5.60 Å². The summed E-state index contributed by atoms with van der Waals surface area (Å²) in [5.74, 6) is 1.17. The number of hydrogen-bond acceptors (Lipinski definition) is 2. The van der Waals surface area contributed by atoms with Crippen molar-refractivity contribution < 1.29 is 9.84 Å². The third-order valence-corrected chi connectivity index (χ3v) is 4.09. The molecular formula is C16H24O2. The van der Waals surface area contributed by atoms with E-state index in [1.807, 2.05) is 31.2 Å². The normalized spacial score (nSPS) is 30.4. The molecule has 1 aromatic carbocycles. The Morgan fingerprint density at radius 2 is 1.89 bits per heavy atom. The molecule has 18 heavy (non-hydrogen) atoms. The minimum Gasteiger partial charge on any atom is -0.494 e. The first-order chi connectivity index (χ1) is 8.37. The van der Waals surface area contributed by atoms with Gasteiger partial charge < -0.3 is 9.84 Å². The van der Waals surface area contributed by atoms with E-state index in [-0.39, 0.29) is 5.41 Å². The van der Waals surface area contributed by atoms with Gasteiger partial charge in [0, 0.05) is 0 Å². The summed E-state index contributed by atoms with van der Waals surface area (Å²) in [6.45, 7) is 9.26. The van der Waals surface area contributed by atoms with Crippen LogP contribution in [0.3, 0.4) is 0 Å².